The largest absolute Gasteiger partial charge is 0.494 e. The van der Waals surface area contributed by atoms with Crippen LogP contribution in [0.15, 0.2) is 29.4 Å². The van der Waals surface area contributed by atoms with Crippen molar-refractivity contribution < 1.29 is 9.47 Å². The van der Waals surface area contributed by atoms with Gasteiger partial charge < -0.3 is 14.8 Å². The summed E-state index contributed by atoms with van der Waals surface area (Å²) < 4.78 is 11.0. The first-order valence-corrected chi connectivity index (χ1v) is 9.28. The van der Waals surface area contributed by atoms with Gasteiger partial charge in [0.05, 0.1) is 26.0 Å². The summed E-state index contributed by atoms with van der Waals surface area (Å²) in [5.41, 5.74) is 3.82. The quantitative estimate of drug-likeness (QED) is 0.302. The molecule has 1 fully saturated rings. The third-order valence-electron chi connectivity index (χ3n) is 3.82. The predicted octanol–water partition coefficient (Wildman–Crippen LogP) is 2.00. The Hall–Kier alpha value is -1.70. The third kappa shape index (κ3) is 8.29. The molecule has 1 aliphatic rings. The van der Waals surface area contributed by atoms with Crippen LogP contribution < -0.4 is 15.5 Å². The number of morpholine rings is 1. The van der Waals surface area contributed by atoms with Gasteiger partial charge >= 0.3 is 0 Å². The number of rotatable bonds is 9. The molecule has 0 atom stereocenters. The molecule has 1 aromatic rings. The van der Waals surface area contributed by atoms with E-state index in [-0.39, 0.29) is 0 Å². The highest BCUT2D eigenvalue weighted by atomic mass is 32.1. The molecule has 1 aliphatic heterocycles. The van der Waals surface area contributed by atoms with Crippen LogP contribution >= 0.6 is 12.2 Å². The zero-order valence-electron chi connectivity index (χ0n) is 14.9. The van der Waals surface area contributed by atoms with E-state index in [2.05, 4.69) is 27.7 Å². The summed E-state index contributed by atoms with van der Waals surface area (Å²) in [5, 5.41) is 7.87. The van der Waals surface area contributed by atoms with Crippen LogP contribution in [-0.2, 0) is 4.74 Å². The smallest absolute Gasteiger partial charge is 0.187 e. The van der Waals surface area contributed by atoms with Crippen LogP contribution in [0, 0.1) is 0 Å². The molecule has 2 rings (SSSR count). The second-order valence-corrected chi connectivity index (χ2v) is 6.26. The molecule has 25 heavy (non-hydrogen) atoms. The molecule has 0 amide bonds. The Kier molecular flexibility index (Phi) is 9.25. The zero-order chi connectivity index (χ0) is 17.7. The predicted molar refractivity (Wildman–Crippen MR) is 105 cm³/mol. The molecule has 0 aliphatic carbocycles. The van der Waals surface area contributed by atoms with E-state index in [0.717, 1.165) is 70.2 Å². The van der Waals surface area contributed by atoms with Crippen molar-refractivity contribution in [2.75, 3.05) is 46.0 Å². The van der Waals surface area contributed by atoms with Crippen molar-refractivity contribution in [3.05, 3.63) is 29.8 Å². The van der Waals surface area contributed by atoms with Crippen molar-refractivity contribution in [3.63, 3.8) is 0 Å². The van der Waals surface area contributed by atoms with Gasteiger partial charge in [0.25, 0.3) is 0 Å². The minimum Gasteiger partial charge on any atom is -0.494 e. The van der Waals surface area contributed by atoms with Gasteiger partial charge in [0.2, 0.25) is 0 Å². The average molecular weight is 365 g/mol. The molecule has 138 valence electrons. The van der Waals surface area contributed by atoms with Gasteiger partial charge in [0.1, 0.15) is 5.75 Å². The van der Waals surface area contributed by atoms with Crippen molar-refractivity contribution in [1.29, 1.82) is 0 Å². The highest BCUT2D eigenvalue weighted by molar-refractivity contribution is 7.80. The molecule has 2 N–H and O–H groups in total. The van der Waals surface area contributed by atoms with Gasteiger partial charge in [0.15, 0.2) is 5.11 Å². The lowest BCUT2D eigenvalue weighted by atomic mass is 10.2. The Balaban J connectivity index is 1.65. The normalized spacial score (nSPS) is 15.2. The number of benzene rings is 1. The van der Waals surface area contributed by atoms with Crippen molar-refractivity contribution in [2.45, 2.75) is 19.8 Å². The summed E-state index contributed by atoms with van der Waals surface area (Å²) in [6, 6.07) is 7.86. The van der Waals surface area contributed by atoms with Gasteiger partial charge in [-0.3, -0.25) is 10.3 Å². The number of nitrogens with one attached hydrogen (secondary N) is 2. The van der Waals surface area contributed by atoms with E-state index in [1.165, 1.54) is 0 Å². The number of unbranched alkanes of at least 4 members (excludes halogenated alkanes) is 1. The molecule has 0 unspecified atom stereocenters. The Bertz CT molecular complexity index is 548. The summed E-state index contributed by atoms with van der Waals surface area (Å²) in [6.45, 7) is 8.23. The van der Waals surface area contributed by atoms with E-state index in [1.54, 1.807) is 6.21 Å². The van der Waals surface area contributed by atoms with E-state index < -0.39 is 0 Å². The number of nitrogens with zero attached hydrogens (tertiary/aromatic N) is 2. The van der Waals surface area contributed by atoms with Crippen LogP contribution in [0.1, 0.15) is 25.3 Å². The lowest BCUT2D eigenvalue weighted by Crippen LogP contribution is -2.42. The summed E-state index contributed by atoms with van der Waals surface area (Å²) in [5.74, 6) is 0.864. The SMILES string of the molecule is CCCCOc1cccc(/C=N/NC(=S)NCCN2CCOCC2)c1. The molecule has 0 aromatic heterocycles. The lowest BCUT2D eigenvalue weighted by Gasteiger charge is -2.26. The van der Waals surface area contributed by atoms with Gasteiger partial charge in [-0.05, 0) is 36.3 Å². The summed E-state index contributed by atoms with van der Waals surface area (Å²) in [4.78, 5) is 2.35. The zero-order valence-corrected chi connectivity index (χ0v) is 15.7. The van der Waals surface area contributed by atoms with Crippen molar-refractivity contribution in [3.8, 4) is 5.75 Å². The fraction of sp³-hybridized carbons (Fsp3) is 0.556. The first kappa shape index (κ1) is 19.6. The molecular formula is C18H28N4O2S. The Labute approximate surface area is 155 Å². The van der Waals surface area contributed by atoms with E-state index in [4.69, 9.17) is 21.7 Å². The molecule has 0 bridgehead atoms. The number of hydrogen-bond acceptors (Lipinski definition) is 5. The Morgan fingerprint density at radius 2 is 2.24 bits per heavy atom. The van der Waals surface area contributed by atoms with Gasteiger partial charge in [-0.1, -0.05) is 25.5 Å². The van der Waals surface area contributed by atoms with Crippen LogP contribution in [0.5, 0.6) is 5.75 Å². The van der Waals surface area contributed by atoms with Gasteiger partial charge in [-0.15, -0.1) is 0 Å². The molecule has 1 heterocycles. The van der Waals surface area contributed by atoms with Crippen molar-refractivity contribution >= 4 is 23.5 Å². The molecule has 0 saturated carbocycles. The third-order valence-corrected chi connectivity index (χ3v) is 4.06. The standard InChI is InChI=1S/C18H28N4O2S/c1-2-3-11-24-17-6-4-5-16(14-17)15-20-21-18(25)19-7-8-22-9-12-23-13-10-22/h4-6,14-15H,2-3,7-13H2,1H3,(H2,19,21,25)/b20-15+. The van der Waals surface area contributed by atoms with Crippen LogP contribution in [0.3, 0.4) is 0 Å². The highest BCUT2D eigenvalue weighted by Crippen LogP contribution is 2.12. The van der Waals surface area contributed by atoms with Crippen LogP contribution in [-0.4, -0.2) is 62.2 Å². The first-order chi connectivity index (χ1) is 12.3. The minimum atomic E-state index is 0.528. The van der Waals surface area contributed by atoms with E-state index in [9.17, 15) is 0 Å². The maximum Gasteiger partial charge on any atom is 0.187 e. The van der Waals surface area contributed by atoms with Crippen LogP contribution in [0.4, 0.5) is 0 Å². The fourth-order valence-electron chi connectivity index (χ4n) is 2.38. The first-order valence-electron chi connectivity index (χ1n) is 8.88. The van der Waals surface area contributed by atoms with Crippen LogP contribution in [0.25, 0.3) is 0 Å². The molecule has 7 heteroatoms. The minimum absolute atomic E-state index is 0.528. The maximum atomic E-state index is 5.69. The number of ether oxygens (including phenoxy) is 2. The van der Waals surface area contributed by atoms with Gasteiger partial charge in [-0.2, -0.15) is 5.10 Å². The summed E-state index contributed by atoms with van der Waals surface area (Å²) in [7, 11) is 0. The second-order valence-electron chi connectivity index (χ2n) is 5.85. The maximum absolute atomic E-state index is 5.69. The number of thiocarbonyl (C=S) groups is 1. The van der Waals surface area contributed by atoms with Gasteiger partial charge in [-0.25, -0.2) is 0 Å². The average Bonchev–Trinajstić information content (AvgIpc) is 2.63. The summed E-state index contributed by atoms with van der Waals surface area (Å²) >= 11 is 5.23. The van der Waals surface area contributed by atoms with E-state index in [1.807, 2.05) is 24.3 Å². The van der Waals surface area contributed by atoms with E-state index >= 15 is 0 Å². The highest BCUT2D eigenvalue weighted by Gasteiger charge is 2.09. The molecule has 1 aromatic carbocycles. The molecule has 1 saturated heterocycles. The monoisotopic (exact) mass is 364 g/mol. The van der Waals surface area contributed by atoms with Crippen LogP contribution in [0.2, 0.25) is 0 Å². The molecule has 6 nitrogen and oxygen atoms in total. The fourth-order valence-corrected chi connectivity index (χ4v) is 2.53. The van der Waals surface area contributed by atoms with Crippen molar-refractivity contribution in [2.24, 2.45) is 5.10 Å². The second kappa shape index (κ2) is 11.8. The topological polar surface area (TPSA) is 58.1 Å². The summed E-state index contributed by atoms with van der Waals surface area (Å²) in [6.07, 6.45) is 3.92. The van der Waals surface area contributed by atoms with Gasteiger partial charge in [0, 0.05) is 26.2 Å². The van der Waals surface area contributed by atoms with Crippen molar-refractivity contribution in [1.82, 2.24) is 15.6 Å². The molecule has 0 spiro atoms. The lowest BCUT2D eigenvalue weighted by molar-refractivity contribution is 0.0389. The molecule has 0 radical (unpaired) electrons. The number of hydrazone groups is 1. The Morgan fingerprint density at radius 3 is 3.04 bits per heavy atom. The molecular weight excluding hydrogens is 336 g/mol. The Morgan fingerprint density at radius 1 is 1.40 bits per heavy atom. The van der Waals surface area contributed by atoms with E-state index in [0.29, 0.717) is 5.11 Å². The number of hydrogen-bond donors (Lipinski definition) is 2.